The summed E-state index contributed by atoms with van der Waals surface area (Å²) in [4.78, 5) is 0. The van der Waals surface area contributed by atoms with Crippen molar-refractivity contribution in [3.63, 3.8) is 0 Å². The van der Waals surface area contributed by atoms with Crippen molar-refractivity contribution < 1.29 is 0 Å². The Labute approximate surface area is 157 Å². The van der Waals surface area contributed by atoms with Crippen molar-refractivity contribution in [2.45, 2.75) is 0 Å². The van der Waals surface area contributed by atoms with Crippen LogP contribution in [0.3, 0.4) is 0 Å². The molecule has 0 atom stereocenters. The average molecular weight is 354 g/mol. The molecule has 1 heterocycles. The van der Waals surface area contributed by atoms with E-state index in [-0.39, 0.29) is 0 Å². The number of benzene rings is 4. The molecule has 0 aliphatic rings. The van der Waals surface area contributed by atoms with E-state index in [9.17, 15) is 0 Å². The van der Waals surface area contributed by atoms with Gasteiger partial charge >= 0.3 is 0 Å². The van der Waals surface area contributed by atoms with Gasteiger partial charge in [0, 0.05) is 27.0 Å². The molecule has 0 amide bonds. The monoisotopic (exact) mass is 353 g/mol. The van der Waals surface area contributed by atoms with Crippen molar-refractivity contribution in [3.05, 3.63) is 102 Å². The van der Waals surface area contributed by atoms with Crippen LogP contribution in [0.5, 0.6) is 0 Å². The van der Waals surface area contributed by atoms with Crippen LogP contribution in [0.4, 0.5) is 0 Å². The predicted octanol–water partition coefficient (Wildman–Crippen LogP) is 7.10. The van der Waals surface area contributed by atoms with Crippen LogP contribution in [0.2, 0.25) is 5.02 Å². The summed E-state index contributed by atoms with van der Waals surface area (Å²) in [6, 6.07) is 33.6. The lowest BCUT2D eigenvalue weighted by molar-refractivity contribution is 1.18. The van der Waals surface area contributed by atoms with Crippen LogP contribution in [0.15, 0.2) is 97.1 Å². The molecule has 0 spiro atoms. The Balaban J connectivity index is 1.86. The van der Waals surface area contributed by atoms with Crippen LogP contribution in [0.1, 0.15) is 0 Å². The number of nitrogens with zero attached hydrogens (tertiary/aromatic N) is 1. The van der Waals surface area contributed by atoms with Gasteiger partial charge in [0.15, 0.2) is 0 Å². The minimum Gasteiger partial charge on any atom is -0.309 e. The quantitative estimate of drug-likeness (QED) is 0.319. The molecule has 5 aromatic rings. The topological polar surface area (TPSA) is 4.93 Å². The lowest BCUT2D eigenvalue weighted by Crippen LogP contribution is -1.92. The van der Waals surface area contributed by atoms with Gasteiger partial charge in [-0.15, -0.1) is 0 Å². The molecular formula is C24H16ClN. The number of fused-ring (bicyclic) bond motifs is 3. The Bertz CT molecular complexity index is 1240. The van der Waals surface area contributed by atoms with E-state index in [1.165, 1.54) is 27.5 Å². The zero-order valence-corrected chi connectivity index (χ0v) is 14.8. The predicted molar refractivity (Wildman–Crippen MR) is 111 cm³/mol. The van der Waals surface area contributed by atoms with Gasteiger partial charge in [0.1, 0.15) is 0 Å². The van der Waals surface area contributed by atoms with Crippen LogP contribution in [0.25, 0.3) is 38.6 Å². The highest BCUT2D eigenvalue weighted by molar-refractivity contribution is 6.33. The van der Waals surface area contributed by atoms with E-state index in [2.05, 4.69) is 77.4 Å². The SMILES string of the molecule is Clc1ccccc1-c1ccc2c(c1)c1ccccc1n2-c1ccccc1. The summed E-state index contributed by atoms with van der Waals surface area (Å²) in [7, 11) is 0. The second kappa shape index (κ2) is 6.05. The van der Waals surface area contributed by atoms with Gasteiger partial charge in [-0.3, -0.25) is 0 Å². The summed E-state index contributed by atoms with van der Waals surface area (Å²) < 4.78 is 2.32. The minimum atomic E-state index is 0.777. The highest BCUT2D eigenvalue weighted by atomic mass is 35.5. The molecule has 0 unspecified atom stereocenters. The number of aromatic nitrogens is 1. The second-order valence-electron chi connectivity index (χ2n) is 6.40. The molecule has 0 aliphatic carbocycles. The number of hydrogen-bond donors (Lipinski definition) is 0. The lowest BCUT2D eigenvalue weighted by atomic mass is 10.0. The molecule has 1 nitrogen and oxygen atoms in total. The van der Waals surface area contributed by atoms with Crippen molar-refractivity contribution in [2.75, 3.05) is 0 Å². The van der Waals surface area contributed by atoms with Crippen LogP contribution < -0.4 is 0 Å². The van der Waals surface area contributed by atoms with Crippen molar-refractivity contribution in [1.29, 1.82) is 0 Å². The fourth-order valence-electron chi connectivity index (χ4n) is 3.69. The molecule has 0 saturated heterocycles. The van der Waals surface area contributed by atoms with Gasteiger partial charge in [0.2, 0.25) is 0 Å². The molecule has 0 fully saturated rings. The summed E-state index contributed by atoms with van der Waals surface area (Å²) in [6.07, 6.45) is 0. The highest BCUT2D eigenvalue weighted by Crippen LogP contribution is 2.36. The molecule has 2 heteroatoms. The molecule has 0 radical (unpaired) electrons. The molecule has 0 aliphatic heterocycles. The van der Waals surface area contributed by atoms with Crippen molar-refractivity contribution >= 4 is 33.4 Å². The first kappa shape index (κ1) is 15.2. The van der Waals surface area contributed by atoms with Crippen molar-refractivity contribution in [2.24, 2.45) is 0 Å². The van der Waals surface area contributed by atoms with E-state index in [0.29, 0.717) is 0 Å². The van der Waals surface area contributed by atoms with Gasteiger partial charge in [-0.1, -0.05) is 72.3 Å². The van der Waals surface area contributed by atoms with Crippen molar-refractivity contribution in [1.82, 2.24) is 4.57 Å². The van der Waals surface area contributed by atoms with Gasteiger partial charge in [-0.25, -0.2) is 0 Å². The summed E-state index contributed by atoms with van der Waals surface area (Å²) in [5.74, 6) is 0. The zero-order valence-electron chi connectivity index (χ0n) is 14.1. The average Bonchev–Trinajstić information content (AvgIpc) is 3.03. The standard InChI is InChI=1S/C24H16ClN/c25-22-12-6-4-10-19(22)17-14-15-24-21(16-17)20-11-5-7-13-23(20)26(24)18-8-2-1-3-9-18/h1-16H. The Morgan fingerprint density at radius 1 is 0.577 bits per heavy atom. The molecule has 26 heavy (non-hydrogen) atoms. The zero-order chi connectivity index (χ0) is 17.5. The molecule has 4 aromatic carbocycles. The molecule has 0 bridgehead atoms. The van der Waals surface area contributed by atoms with E-state index >= 15 is 0 Å². The highest BCUT2D eigenvalue weighted by Gasteiger charge is 2.13. The fraction of sp³-hybridized carbons (Fsp3) is 0. The second-order valence-corrected chi connectivity index (χ2v) is 6.81. The molecular weight excluding hydrogens is 338 g/mol. The van der Waals surface area contributed by atoms with Crippen LogP contribution in [0, 0.1) is 0 Å². The van der Waals surface area contributed by atoms with E-state index in [1.807, 2.05) is 24.3 Å². The summed E-state index contributed by atoms with van der Waals surface area (Å²) in [6.45, 7) is 0. The molecule has 124 valence electrons. The largest absolute Gasteiger partial charge is 0.309 e. The van der Waals surface area contributed by atoms with E-state index < -0.39 is 0 Å². The number of halogens is 1. The fourth-order valence-corrected chi connectivity index (χ4v) is 3.94. The lowest BCUT2D eigenvalue weighted by Gasteiger charge is -2.08. The third-order valence-electron chi connectivity index (χ3n) is 4.87. The van der Waals surface area contributed by atoms with E-state index in [0.717, 1.165) is 16.1 Å². The summed E-state index contributed by atoms with van der Waals surface area (Å²) >= 11 is 6.42. The Hall–Kier alpha value is -3.03. The first-order valence-corrected chi connectivity index (χ1v) is 9.04. The van der Waals surface area contributed by atoms with Gasteiger partial charge in [-0.2, -0.15) is 0 Å². The number of hydrogen-bond acceptors (Lipinski definition) is 0. The van der Waals surface area contributed by atoms with Gasteiger partial charge in [-0.05, 0) is 42.0 Å². The minimum absolute atomic E-state index is 0.777. The third-order valence-corrected chi connectivity index (χ3v) is 5.20. The Morgan fingerprint density at radius 2 is 1.27 bits per heavy atom. The molecule has 5 rings (SSSR count). The van der Waals surface area contributed by atoms with Crippen molar-refractivity contribution in [3.8, 4) is 16.8 Å². The number of para-hydroxylation sites is 2. The van der Waals surface area contributed by atoms with Gasteiger partial charge in [0.05, 0.1) is 11.0 Å². The molecule has 1 aromatic heterocycles. The molecule has 0 N–H and O–H groups in total. The van der Waals surface area contributed by atoms with E-state index in [1.54, 1.807) is 0 Å². The maximum atomic E-state index is 6.42. The first-order chi connectivity index (χ1) is 12.8. The Morgan fingerprint density at radius 3 is 2.12 bits per heavy atom. The van der Waals surface area contributed by atoms with Crippen LogP contribution >= 0.6 is 11.6 Å². The molecule has 0 saturated carbocycles. The maximum Gasteiger partial charge on any atom is 0.0541 e. The summed E-state index contributed by atoms with van der Waals surface area (Å²) in [5, 5.41) is 3.26. The number of rotatable bonds is 2. The van der Waals surface area contributed by atoms with Crippen LogP contribution in [-0.2, 0) is 0 Å². The maximum absolute atomic E-state index is 6.42. The van der Waals surface area contributed by atoms with Crippen LogP contribution in [-0.4, -0.2) is 4.57 Å². The normalized spacial score (nSPS) is 11.3. The third kappa shape index (κ3) is 2.33. The van der Waals surface area contributed by atoms with Gasteiger partial charge < -0.3 is 4.57 Å². The summed E-state index contributed by atoms with van der Waals surface area (Å²) in [5.41, 5.74) is 5.79. The smallest absolute Gasteiger partial charge is 0.0541 e. The Kier molecular flexibility index (Phi) is 3.55. The van der Waals surface area contributed by atoms with Gasteiger partial charge in [0.25, 0.3) is 0 Å². The first-order valence-electron chi connectivity index (χ1n) is 8.66. The van der Waals surface area contributed by atoms with E-state index in [4.69, 9.17) is 11.6 Å².